The van der Waals surface area contributed by atoms with Crippen molar-refractivity contribution in [3.63, 3.8) is 0 Å². The molecule has 2 aliphatic carbocycles. The Morgan fingerprint density at radius 3 is 1.24 bits per heavy atom. The van der Waals surface area contributed by atoms with Gasteiger partial charge in [-0.3, -0.25) is 12.2 Å². The molecule has 33 heavy (non-hydrogen) atoms. The smallest absolute Gasteiger partial charge is 1.00 e. The molecule has 0 amide bonds. The predicted molar refractivity (Wildman–Crippen MR) is 131 cm³/mol. The summed E-state index contributed by atoms with van der Waals surface area (Å²) in [7, 11) is -0.627. The Labute approximate surface area is 227 Å². The second-order valence-electron chi connectivity index (χ2n) is 7.15. The number of halogens is 2. The van der Waals surface area contributed by atoms with E-state index in [1.165, 1.54) is 43.6 Å². The molecule has 2 aliphatic rings. The molecule has 5 rings (SSSR count). The van der Waals surface area contributed by atoms with Crippen LogP contribution in [0, 0.1) is 12.2 Å². The standard InChI is InChI=1S/2C11H9.C7H8Ge.2ClH.Hf/c2*1-2-6-10(7-3-1)11-8-4-5-9-11;1-8-7-5-3-2-4-6-7;;;/h2*1-3,6-9H,4H2;2-6H,1H3;2*1H;/q2*-1;;;;+2/p-2. The molecule has 4 heteroatoms. The van der Waals surface area contributed by atoms with Crippen LogP contribution < -0.4 is 29.2 Å². The SMILES string of the molecule is [C-]1=CC(c2ccccc2)=CC1.[C-]1=CC(c2ccccc2)=CC1.[CH3][Ge](=[Hf+2])[c]1ccccc1.[Cl-].[Cl-]. The first-order valence-corrected chi connectivity index (χ1v) is 24.0. The van der Waals surface area contributed by atoms with Gasteiger partial charge in [-0.15, -0.1) is 24.0 Å². The van der Waals surface area contributed by atoms with Crippen LogP contribution in [0.3, 0.4) is 0 Å². The van der Waals surface area contributed by atoms with E-state index in [2.05, 4.69) is 121 Å². The maximum Gasteiger partial charge on any atom is -1.00 e. The van der Waals surface area contributed by atoms with Crippen molar-refractivity contribution in [2.24, 2.45) is 0 Å². The Morgan fingerprint density at radius 1 is 0.606 bits per heavy atom. The van der Waals surface area contributed by atoms with Crippen LogP contribution in [0.2, 0.25) is 5.76 Å². The average Bonchev–Trinajstić information content (AvgIpc) is 3.57. The summed E-state index contributed by atoms with van der Waals surface area (Å²) in [5, 5.41) is 0. The number of rotatable bonds is 3. The molecule has 0 saturated heterocycles. The van der Waals surface area contributed by atoms with E-state index in [4.69, 9.17) is 0 Å². The van der Waals surface area contributed by atoms with Gasteiger partial charge in [-0.25, -0.2) is 12.2 Å². The molecule has 3 aromatic rings. The van der Waals surface area contributed by atoms with Crippen molar-refractivity contribution in [3.05, 3.63) is 139 Å². The van der Waals surface area contributed by atoms with Crippen LogP contribution in [-0.4, -0.2) is 10.1 Å². The van der Waals surface area contributed by atoms with E-state index in [1.54, 1.807) is 4.40 Å². The van der Waals surface area contributed by atoms with E-state index in [0.717, 1.165) is 12.8 Å². The van der Waals surface area contributed by atoms with E-state index in [-0.39, 0.29) is 24.8 Å². The van der Waals surface area contributed by atoms with Gasteiger partial charge < -0.3 is 24.8 Å². The molecule has 166 valence electrons. The van der Waals surface area contributed by atoms with Gasteiger partial charge in [-0.1, -0.05) is 60.7 Å². The Balaban J connectivity index is 0.000000242. The monoisotopic (exact) mass is 698 g/mol. The molecular formula is C29H26Cl2GeHf-2. The Morgan fingerprint density at radius 2 is 0.970 bits per heavy atom. The summed E-state index contributed by atoms with van der Waals surface area (Å²) in [6, 6.07) is 31.7. The van der Waals surface area contributed by atoms with Gasteiger partial charge in [0.2, 0.25) is 0 Å². The van der Waals surface area contributed by atoms with Gasteiger partial charge in [-0.2, -0.15) is 23.3 Å². The van der Waals surface area contributed by atoms with Crippen molar-refractivity contribution >= 4 is 25.6 Å². The van der Waals surface area contributed by atoms with Gasteiger partial charge in [0, 0.05) is 0 Å². The fourth-order valence-corrected chi connectivity index (χ4v) is 7.71. The minimum atomic E-state index is -0.627. The van der Waals surface area contributed by atoms with Crippen LogP contribution in [0.5, 0.6) is 0 Å². The van der Waals surface area contributed by atoms with Crippen molar-refractivity contribution in [2.45, 2.75) is 18.6 Å². The minimum absolute atomic E-state index is 0. The van der Waals surface area contributed by atoms with E-state index in [1.807, 2.05) is 12.1 Å². The summed E-state index contributed by atoms with van der Waals surface area (Å²) in [6.45, 7) is 0. The van der Waals surface area contributed by atoms with Crippen LogP contribution in [0.25, 0.3) is 11.1 Å². The molecule has 0 unspecified atom stereocenters. The van der Waals surface area contributed by atoms with Gasteiger partial charge in [0.1, 0.15) is 0 Å². The molecule has 0 radical (unpaired) electrons. The zero-order valence-corrected chi connectivity index (χ0v) is 25.8. The summed E-state index contributed by atoms with van der Waals surface area (Å²) < 4.78 is 1.64. The molecule has 0 heterocycles. The van der Waals surface area contributed by atoms with Gasteiger partial charge in [-0.05, 0) is 0 Å². The Kier molecular flexibility index (Phi) is 15.4. The molecule has 0 fully saturated rings. The fourth-order valence-electron chi connectivity index (χ4n) is 3.15. The summed E-state index contributed by atoms with van der Waals surface area (Å²) in [5.41, 5.74) is 5.17. The van der Waals surface area contributed by atoms with Crippen LogP contribution in [-0.2, 0) is 21.3 Å². The van der Waals surface area contributed by atoms with E-state index in [0.29, 0.717) is 0 Å². The van der Waals surface area contributed by atoms with Crippen LogP contribution in [0.1, 0.15) is 24.0 Å². The van der Waals surface area contributed by atoms with Crippen molar-refractivity contribution in [3.8, 4) is 0 Å². The number of allylic oxidation sites excluding steroid dienone is 8. The summed E-state index contributed by atoms with van der Waals surface area (Å²) in [5.74, 6) is 2.43. The third kappa shape index (κ3) is 10.6. The molecule has 0 atom stereocenters. The van der Waals surface area contributed by atoms with E-state index >= 15 is 0 Å². The quantitative estimate of drug-likeness (QED) is 0.280. The molecule has 0 aliphatic heterocycles. The number of benzene rings is 3. The largest absolute Gasteiger partial charge is 1.00 e. The maximum atomic E-state index is 3.15. The summed E-state index contributed by atoms with van der Waals surface area (Å²) in [6.07, 6.45) is 16.7. The van der Waals surface area contributed by atoms with Gasteiger partial charge in [0.15, 0.2) is 0 Å². The predicted octanol–water partition coefficient (Wildman–Crippen LogP) is 0.736. The first-order valence-electron chi connectivity index (χ1n) is 10.5. The molecular weight excluding hydrogens is 670 g/mol. The molecule has 0 nitrogen and oxygen atoms in total. The normalized spacial score (nSPS) is 12.6. The third-order valence-electron chi connectivity index (χ3n) is 4.82. The van der Waals surface area contributed by atoms with Crippen molar-refractivity contribution in [2.75, 3.05) is 0 Å². The molecule has 3 aromatic carbocycles. The van der Waals surface area contributed by atoms with Gasteiger partial charge >= 0.3 is 71.8 Å². The van der Waals surface area contributed by atoms with Gasteiger partial charge in [0.05, 0.1) is 0 Å². The topological polar surface area (TPSA) is 0 Å². The van der Waals surface area contributed by atoms with Crippen LogP contribution in [0.15, 0.2) is 115 Å². The van der Waals surface area contributed by atoms with Gasteiger partial charge in [0.25, 0.3) is 0 Å². The van der Waals surface area contributed by atoms with Crippen LogP contribution in [0.4, 0.5) is 0 Å². The Bertz CT molecular complexity index is 1020. The first-order chi connectivity index (χ1) is 15.2. The Hall–Kier alpha value is -1.39. The van der Waals surface area contributed by atoms with Crippen molar-refractivity contribution in [1.82, 2.24) is 0 Å². The summed E-state index contributed by atoms with van der Waals surface area (Å²) in [4.78, 5) is 0. The molecule has 0 N–H and O–H groups in total. The molecule has 0 spiro atoms. The van der Waals surface area contributed by atoms with E-state index < -0.39 is 10.1 Å². The fraction of sp³-hybridized carbons (Fsp3) is 0.103. The van der Waals surface area contributed by atoms with E-state index in [9.17, 15) is 0 Å². The zero-order chi connectivity index (χ0) is 21.7. The molecule has 0 saturated carbocycles. The first kappa shape index (κ1) is 29.6. The summed E-state index contributed by atoms with van der Waals surface area (Å²) >= 11 is 1.42. The minimum Gasteiger partial charge on any atom is -1.00 e. The second kappa shape index (κ2) is 17.1. The maximum absolute atomic E-state index is 3.15. The van der Waals surface area contributed by atoms with Crippen molar-refractivity contribution in [1.29, 1.82) is 0 Å². The second-order valence-corrected chi connectivity index (χ2v) is 25.0. The molecule has 0 aromatic heterocycles. The number of hydrogen-bond acceptors (Lipinski definition) is 0. The third-order valence-corrected chi connectivity index (χ3v) is 12.7. The zero-order valence-electron chi connectivity index (χ0n) is 18.6. The number of hydrogen-bond donors (Lipinski definition) is 0. The average molecular weight is 697 g/mol. The van der Waals surface area contributed by atoms with Crippen molar-refractivity contribution < 1.29 is 46.1 Å². The molecule has 0 bridgehead atoms. The van der Waals surface area contributed by atoms with Crippen LogP contribution >= 0.6 is 0 Å².